The molecule has 0 radical (unpaired) electrons. The Morgan fingerprint density at radius 2 is 1.17 bits per heavy atom. The molecule has 0 atom stereocenters. The van der Waals surface area contributed by atoms with Crippen LogP contribution in [0.2, 0.25) is 0 Å². The average molecular weight is 203 g/mol. The maximum absolute atomic E-state index is 8.55. The van der Waals surface area contributed by atoms with Crippen LogP contribution >= 0.6 is 7.82 Å². The summed E-state index contributed by atoms with van der Waals surface area (Å²) in [4.78, 5) is 25.6. The van der Waals surface area contributed by atoms with Gasteiger partial charge in [0.2, 0.25) is 0 Å². The summed E-state index contributed by atoms with van der Waals surface area (Å²) < 4.78 is 8.55. The number of phosphoric acid groups is 1. The predicted octanol–water partition coefficient (Wildman–Crippen LogP) is -2.83. The van der Waals surface area contributed by atoms with Crippen LogP contribution < -0.4 is 14.7 Å². The summed E-state index contributed by atoms with van der Waals surface area (Å²) in [6.07, 6.45) is 0. The summed E-state index contributed by atoms with van der Waals surface area (Å²) in [6.45, 7) is 0. The quantitative estimate of drug-likeness (QED) is 0.313. The van der Waals surface area contributed by atoms with E-state index >= 15 is 0 Å². The molecule has 0 amide bonds. The van der Waals surface area contributed by atoms with Crippen LogP contribution in [-0.4, -0.2) is 0 Å². The summed E-state index contributed by atoms with van der Waals surface area (Å²) in [7, 11) is -5.39. The Bertz CT molecular complexity index is 53.7. The monoisotopic (exact) mass is 202 g/mol. The van der Waals surface area contributed by atoms with Gasteiger partial charge in [0, 0.05) is 0 Å². The van der Waals surface area contributed by atoms with Crippen molar-refractivity contribution < 1.29 is 41.6 Å². The second kappa shape index (κ2) is 2.93. The van der Waals surface area contributed by atoms with E-state index in [9.17, 15) is 0 Å². The SMILES string of the molecule is O=P([O-])([O-])[O-].[Ag+]. The van der Waals surface area contributed by atoms with Crippen LogP contribution in [0.4, 0.5) is 0 Å². The zero-order valence-electron chi connectivity index (χ0n) is 2.38. The second-order valence-electron chi connectivity index (χ2n) is 0.447. The Balaban J connectivity index is 0. The van der Waals surface area contributed by atoms with Gasteiger partial charge in [-0.3, -0.25) is 0 Å². The van der Waals surface area contributed by atoms with Crippen molar-refractivity contribution in [2.24, 2.45) is 0 Å². The maximum Gasteiger partial charge on any atom is 1.00 e. The molecule has 0 rings (SSSR count). The number of hydrogen-bond donors (Lipinski definition) is 0. The van der Waals surface area contributed by atoms with Crippen LogP contribution in [0.25, 0.3) is 0 Å². The van der Waals surface area contributed by atoms with Gasteiger partial charge in [-0.1, -0.05) is 0 Å². The molecule has 6 heteroatoms. The van der Waals surface area contributed by atoms with E-state index in [2.05, 4.69) is 0 Å². The van der Waals surface area contributed by atoms with Gasteiger partial charge >= 0.3 is 22.4 Å². The summed E-state index contributed by atoms with van der Waals surface area (Å²) in [5.41, 5.74) is 0. The van der Waals surface area contributed by atoms with E-state index in [1.807, 2.05) is 0 Å². The average Bonchev–Trinajstić information content (AvgIpc) is 0.722. The Kier molecular flexibility index (Phi) is 4.87. The molecule has 42 valence electrons. The fraction of sp³-hybridized carbons (Fsp3) is 0. The van der Waals surface area contributed by atoms with Gasteiger partial charge in [-0.25, -0.2) is 0 Å². The van der Waals surface area contributed by atoms with E-state index in [0.29, 0.717) is 0 Å². The first-order chi connectivity index (χ1) is 2.00. The molecule has 6 heavy (non-hydrogen) atoms. The zero-order chi connectivity index (χ0) is 4.50. The molecule has 0 bridgehead atoms. The Morgan fingerprint density at radius 3 is 1.17 bits per heavy atom. The van der Waals surface area contributed by atoms with Crippen LogP contribution in [-0.2, 0) is 26.9 Å². The molecular weight excluding hydrogens is 203 g/mol. The molecule has 0 saturated heterocycles. The first-order valence-electron chi connectivity index (χ1n) is 0.730. The van der Waals surface area contributed by atoms with Crippen molar-refractivity contribution in [3.05, 3.63) is 0 Å². The summed E-state index contributed by atoms with van der Waals surface area (Å²) in [6, 6.07) is 0. The van der Waals surface area contributed by atoms with Crippen molar-refractivity contribution in [2.45, 2.75) is 0 Å². The van der Waals surface area contributed by atoms with Crippen molar-refractivity contribution in [1.29, 1.82) is 0 Å². The van der Waals surface area contributed by atoms with Crippen LogP contribution in [0.5, 0.6) is 0 Å². The van der Waals surface area contributed by atoms with Gasteiger partial charge in [0.05, 0.1) is 0 Å². The molecule has 0 saturated carbocycles. The fourth-order valence-electron chi connectivity index (χ4n) is 0. The van der Waals surface area contributed by atoms with Gasteiger partial charge in [-0.15, -0.1) is 0 Å². The Morgan fingerprint density at radius 1 is 1.17 bits per heavy atom. The first kappa shape index (κ1) is 9.97. The van der Waals surface area contributed by atoms with Gasteiger partial charge < -0.3 is 19.2 Å². The summed E-state index contributed by atoms with van der Waals surface area (Å²) in [5, 5.41) is 0. The van der Waals surface area contributed by atoms with Gasteiger partial charge in [0.1, 0.15) is 0 Å². The maximum atomic E-state index is 8.55. The Labute approximate surface area is 49.9 Å². The number of hydrogen-bond acceptors (Lipinski definition) is 4. The molecule has 0 heterocycles. The third kappa shape index (κ3) is 99.5. The van der Waals surface area contributed by atoms with Crippen molar-refractivity contribution in [3.63, 3.8) is 0 Å². The van der Waals surface area contributed by atoms with E-state index in [-0.39, 0.29) is 22.4 Å². The molecule has 0 aliphatic rings. The van der Waals surface area contributed by atoms with Crippen LogP contribution in [0.15, 0.2) is 0 Å². The van der Waals surface area contributed by atoms with Gasteiger partial charge in [0.25, 0.3) is 0 Å². The molecule has 0 spiro atoms. The largest absolute Gasteiger partial charge is 1.00 e. The molecule has 0 fully saturated rings. The minimum absolute atomic E-state index is 0. The molecule has 0 aliphatic heterocycles. The van der Waals surface area contributed by atoms with Gasteiger partial charge in [-0.05, 0) is 0 Å². The fourth-order valence-corrected chi connectivity index (χ4v) is 0. The predicted molar refractivity (Wildman–Crippen MR) is 7.61 cm³/mol. The van der Waals surface area contributed by atoms with Crippen molar-refractivity contribution >= 4 is 7.82 Å². The van der Waals surface area contributed by atoms with Gasteiger partial charge in [-0.2, -0.15) is 7.82 Å². The second-order valence-corrected chi connectivity index (χ2v) is 1.34. The topological polar surface area (TPSA) is 86.2 Å². The molecule has 4 nitrogen and oxygen atoms in total. The van der Waals surface area contributed by atoms with Crippen LogP contribution in [0.1, 0.15) is 0 Å². The summed E-state index contributed by atoms with van der Waals surface area (Å²) in [5.74, 6) is 0. The number of rotatable bonds is 0. The molecule has 0 aromatic carbocycles. The van der Waals surface area contributed by atoms with Crippen molar-refractivity contribution in [2.75, 3.05) is 0 Å². The molecule has 0 aliphatic carbocycles. The van der Waals surface area contributed by atoms with Gasteiger partial charge in [0.15, 0.2) is 0 Å². The third-order valence-corrected chi connectivity index (χ3v) is 0. The van der Waals surface area contributed by atoms with Crippen LogP contribution in [0.3, 0.4) is 0 Å². The smallest absolute Gasteiger partial charge is 0.822 e. The van der Waals surface area contributed by atoms with E-state index in [0.717, 1.165) is 0 Å². The minimum atomic E-state index is -5.39. The van der Waals surface area contributed by atoms with E-state index in [1.54, 1.807) is 0 Å². The normalized spacial score (nSPS) is 9.83. The molecule has 0 aromatic rings. The molecular formula is AgO4P-2. The standard InChI is InChI=1S/Ag.H3O4P/c;1-5(2,3)4/h;(H3,1,2,3,4)/q+1;/p-3. The van der Waals surface area contributed by atoms with E-state index < -0.39 is 7.82 Å². The van der Waals surface area contributed by atoms with E-state index in [4.69, 9.17) is 19.2 Å². The summed E-state index contributed by atoms with van der Waals surface area (Å²) >= 11 is 0. The van der Waals surface area contributed by atoms with Crippen molar-refractivity contribution in [3.8, 4) is 0 Å². The third-order valence-electron chi connectivity index (χ3n) is 0. The molecule has 0 unspecified atom stereocenters. The van der Waals surface area contributed by atoms with E-state index in [1.165, 1.54) is 0 Å². The first-order valence-corrected chi connectivity index (χ1v) is 2.19. The van der Waals surface area contributed by atoms with Crippen molar-refractivity contribution in [1.82, 2.24) is 0 Å². The Hall–Kier alpha value is 0.850. The zero-order valence-corrected chi connectivity index (χ0v) is 4.76. The molecule has 0 aromatic heterocycles. The van der Waals surface area contributed by atoms with Crippen LogP contribution in [0, 0.1) is 0 Å². The minimum Gasteiger partial charge on any atom is -0.822 e. The molecule has 0 N–H and O–H groups in total.